The molecule has 5 heteroatoms. The van der Waals surface area contributed by atoms with E-state index in [0.717, 1.165) is 0 Å². The lowest BCUT2D eigenvalue weighted by atomic mass is 10.5. The smallest absolute Gasteiger partial charge is 0.376 e. The molecular formula is C6H7N3O2. The molecule has 1 aromatic heterocycles. The summed E-state index contributed by atoms with van der Waals surface area (Å²) in [4.78, 5) is 18.0. The maximum atomic E-state index is 10.8. The zero-order chi connectivity index (χ0) is 8.27. The van der Waals surface area contributed by atoms with Gasteiger partial charge in [0, 0.05) is 6.20 Å². The lowest BCUT2D eigenvalue weighted by molar-refractivity contribution is 0.0587. The molecule has 0 unspecified atom stereocenters. The summed E-state index contributed by atoms with van der Waals surface area (Å²) in [6, 6.07) is 1.49. The molecule has 0 aliphatic rings. The summed E-state index contributed by atoms with van der Waals surface area (Å²) in [5.74, 6) is -0.356. The number of rotatable bonds is 1. The maximum absolute atomic E-state index is 10.8. The van der Waals surface area contributed by atoms with Crippen molar-refractivity contribution in [1.29, 1.82) is 0 Å². The van der Waals surface area contributed by atoms with E-state index in [1.165, 1.54) is 19.4 Å². The van der Waals surface area contributed by atoms with Gasteiger partial charge in [-0.15, -0.1) is 0 Å². The van der Waals surface area contributed by atoms with Crippen LogP contribution in [0.25, 0.3) is 0 Å². The van der Waals surface area contributed by atoms with E-state index in [0.29, 0.717) is 0 Å². The maximum Gasteiger partial charge on any atom is 0.376 e. The molecule has 0 fully saturated rings. The molecule has 0 amide bonds. The van der Waals surface area contributed by atoms with Crippen LogP contribution in [0.5, 0.6) is 0 Å². The molecule has 0 bridgehead atoms. The van der Waals surface area contributed by atoms with Gasteiger partial charge in [-0.05, 0) is 6.07 Å². The van der Waals surface area contributed by atoms with E-state index in [2.05, 4.69) is 14.7 Å². The predicted octanol–water partition coefficient (Wildman–Crippen LogP) is -0.155. The second-order valence-electron chi connectivity index (χ2n) is 1.80. The summed E-state index contributed by atoms with van der Waals surface area (Å²) < 4.78 is 4.37. The number of hydrogen-bond acceptors (Lipinski definition) is 5. The average molecular weight is 153 g/mol. The van der Waals surface area contributed by atoms with E-state index >= 15 is 0 Å². The lowest BCUT2D eigenvalue weighted by Gasteiger charge is -1.96. The molecular weight excluding hydrogens is 146 g/mol. The van der Waals surface area contributed by atoms with Crippen molar-refractivity contribution < 1.29 is 9.53 Å². The lowest BCUT2D eigenvalue weighted by Crippen LogP contribution is -2.08. The van der Waals surface area contributed by atoms with Crippen LogP contribution < -0.4 is 5.73 Å². The molecule has 0 spiro atoms. The molecule has 1 heterocycles. The topological polar surface area (TPSA) is 78.1 Å². The molecule has 0 saturated carbocycles. The third-order valence-electron chi connectivity index (χ3n) is 1.05. The normalized spacial score (nSPS) is 9.18. The van der Waals surface area contributed by atoms with Gasteiger partial charge in [0.15, 0.2) is 0 Å². The van der Waals surface area contributed by atoms with Crippen LogP contribution in [0.4, 0.5) is 5.82 Å². The van der Waals surface area contributed by atoms with Crippen LogP contribution >= 0.6 is 0 Å². The second kappa shape index (κ2) is 2.96. The van der Waals surface area contributed by atoms with Crippen molar-refractivity contribution in [1.82, 2.24) is 9.97 Å². The van der Waals surface area contributed by atoms with Gasteiger partial charge in [0.05, 0.1) is 7.11 Å². The third kappa shape index (κ3) is 1.64. The zero-order valence-electron chi connectivity index (χ0n) is 5.94. The minimum Gasteiger partial charge on any atom is -0.463 e. The van der Waals surface area contributed by atoms with E-state index in [1.54, 1.807) is 0 Å². The van der Waals surface area contributed by atoms with E-state index in [-0.39, 0.29) is 11.6 Å². The highest BCUT2D eigenvalue weighted by atomic mass is 16.5. The molecule has 5 nitrogen and oxygen atoms in total. The van der Waals surface area contributed by atoms with Gasteiger partial charge in [0.1, 0.15) is 5.82 Å². The highest BCUT2D eigenvalue weighted by Crippen LogP contribution is 1.96. The summed E-state index contributed by atoms with van der Waals surface area (Å²) >= 11 is 0. The van der Waals surface area contributed by atoms with Crippen molar-refractivity contribution in [2.45, 2.75) is 0 Å². The van der Waals surface area contributed by atoms with Crippen molar-refractivity contribution in [2.24, 2.45) is 0 Å². The number of anilines is 1. The first-order chi connectivity index (χ1) is 5.24. The molecule has 0 atom stereocenters. The summed E-state index contributed by atoms with van der Waals surface area (Å²) in [6.45, 7) is 0. The quantitative estimate of drug-likeness (QED) is 0.567. The van der Waals surface area contributed by atoms with Gasteiger partial charge in [-0.1, -0.05) is 0 Å². The Labute approximate surface area is 63.2 Å². The van der Waals surface area contributed by atoms with Crippen LogP contribution in [0, 0.1) is 0 Å². The van der Waals surface area contributed by atoms with Crippen molar-refractivity contribution in [3.63, 3.8) is 0 Å². The first-order valence-corrected chi connectivity index (χ1v) is 2.91. The molecule has 1 rings (SSSR count). The standard InChI is InChI=1S/C6H7N3O2/c1-11-6(10)5-8-3-2-4(7)9-5/h2-3H,1H3,(H2,7,8,9). The summed E-state index contributed by atoms with van der Waals surface area (Å²) in [7, 11) is 1.26. The number of carbonyl (C=O) groups excluding carboxylic acids is 1. The SMILES string of the molecule is COC(=O)c1nccc(N)n1. The average Bonchev–Trinajstić information content (AvgIpc) is 2.03. The molecule has 1 aromatic rings. The minimum absolute atomic E-state index is 0.0208. The van der Waals surface area contributed by atoms with Gasteiger partial charge in [-0.3, -0.25) is 0 Å². The first-order valence-electron chi connectivity index (χ1n) is 2.91. The fourth-order valence-electron chi connectivity index (χ4n) is 0.562. The Bertz CT molecular complexity index is 274. The van der Waals surface area contributed by atoms with E-state index < -0.39 is 5.97 Å². The van der Waals surface area contributed by atoms with Crippen molar-refractivity contribution in [3.8, 4) is 0 Å². The Kier molecular flexibility index (Phi) is 2.00. The van der Waals surface area contributed by atoms with Gasteiger partial charge < -0.3 is 10.5 Å². The van der Waals surface area contributed by atoms with Crippen LogP contribution in [0.3, 0.4) is 0 Å². The number of nitrogens with two attached hydrogens (primary N) is 1. The molecule has 0 aliphatic heterocycles. The van der Waals surface area contributed by atoms with Crippen LogP contribution in [0.15, 0.2) is 12.3 Å². The van der Waals surface area contributed by atoms with E-state index in [9.17, 15) is 4.79 Å². The molecule has 0 aliphatic carbocycles. The van der Waals surface area contributed by atoms with Gasteiger partial charge in [0.25, 0.3) is 0 Å². The largest absolute Gasteiger partial charge is 0.463 e. The molecule has 0 saturated heterocycles. The van der Waals surface area contributed by atoms with E-state index in [1.807, 2.05) is 0 Å². The Balaban J connectivity index is 2.96. The van der Waals surface area contributed by atoms with Gasteiger partial charge in [-0.25, -0.2) is 14.8 Å². The van der Waals surface area contributed by atoms with Crippen molar-refractivity contribution in [3.05, 3.63) is 18.1 Å². The number of nitrogen functional groups attached to an aromatic ring is 1. The summed E-state index contributed by atoms with van der Waals surface area (Å²) in [5, 5.41) is 0. The van der Waals surface area contributed by atoms with Gasteiger partial charge in [-0.2, -0.15) is 0 Å². The summed E-state index contributed by atoms with van der Waals surface area (Å²) in [6.07, 6.45) is 1.40. The monoisotopic (exact) mass is 153 g/mol. The molecule has 58 valence electrons. The Hall–Kier alpha value is -1.65. The third-order valence-corrected chi connectivity index (χ3v) is 1.05. The highest BCUT2D eigenvalue weighted by Gasteiger charge is 2.07. The molecule has 11 heavy (non-hydrogen) atoms. The van der Waals surface area contributed by atoms with Crippen molar-refractivity contribution >= 4 is 11.8 Å². The summed E-state index contributed by atoms with van der Waals surface area (Å²) in [5.41, 5.74) is 5.29. The number of carbonyl (C=O) groups is 1. The number of nitrogens with zero attached hydrogens (tertiary/aromatic N) is 2. The predicted molar refractivity (Wildman–Crippen MR) is 37.8 cm³/mol. The Morgan fingerprint density at radius 2 is 2.45 bits per heavy atom. The number of aromatic nitrogens is 2. The van der Waals surface area contributed by atoms with Crippen LogP contribution in [-0.4, -0.2) is 23.0 Å². The number of esters is 1. The van der Waals surface area contributed by atoms with Crippen LogP contribution in [0.1, 0.15) is 10.6 Å². The Morgan fingerprint density at radius 3 is 3.00 bits per heavy atom. The molecule has 2 N–H and O–H groups in total. The first kappa shape index (κ1) is 7.46. The van der Waals surface area contributed by atoms with Gasteiger partial charge in [0.2, 0.25) is 5.82 Å². The number of ether oxygens (including phenoxy) is 1. The minimum atomic E-state index is -0.586. The highest BCUT2D eigenvalue weighted by molar-refractivity contribution is 5.85. The van der Waals surface area contributed by atoms with Crippen LogP contribution in [-0.2, 0) is 4.74 Å². The number of hydrogen-bond donors (Lipinski definition) is 1. The van der Waals surface area contributed by atoms with Crippen LogP contribution in [0.2, 0.25) is 0 Å². The number of methoxy groups -OCH3 is 1. The fourth-order valence-corrected chi connectivity index (χ4v) is 0.562. The second-order valence-corrected chi connectivity index (χ2v) is 1.80. The van der Waals surface area contributed by atoms with Gasteiger partial charge >= 0.3 is 5.97 Å². The van der Waals surface area contributed by atoms with E-state index in [4.69, 9.17) is 5.73 Å². The molecule has 0 aromatic carbocycles. The molecule has 0 radical (unpaired) electrons. The fraction of sp³-hybridized carbons (Fsp3) is 0.167. The zero-order valence-corrected chi connectivity index (χ0v) is 5.94. The van der Waals surface area contributed by atoms with Crippen molar-refractivity contribution in [2.75, 3.05) is 12.8 Å². The Morgan fingerprint density at radius 1 is 1.73 bits per heavy atom.